The zero-order valence-electron chi connectivity index (χ0n) is 9.31. The molecule has 0 bridgehead atoms. The number of carboxylic acid groups (broad SMARTS) is 1. The Kier molecular flexibility index (Phi) is 7.81. The van der Waals surface area contributed by atoms with Crippen LogP contribution in [0.25, 0.3) is 0 Å². The number of nitriles is 1. The highest BCUT2D eigenvalue weighted by Gasteiger charge is 2.13. The van der Waals surface area contributed by atoms with Crippen LogP contribution in [-0.4, -0.2) is 48.7 Å². The number of carbonyl (C=O) groups is 2. The Labute approximate surface area is 94.4 Å². The number of hydrogen-bond donors (Lipinski definition) is 1. The SMILES string of the molecule is COCCN(CCC#N)C(=O)CCC(=O)O. The van der Waals surface area contributed by atoms with E-state index in [1.165, 1.54) is 12.0 Å². The average molecular weight is 228 g/mol. The minimum Gasteiger partial charge on any atom is -0.481 e. The smallest absolute Gasteiger partial charge is 0.303 e. The van der Waals surface area contributed by atoms with Gasteiger partial charge in [0.1, 0.15) is 0 Å². The summed E-state index contributed by atoms with van der Waals surface area (Å²) in [5.41, 5.74) is 0. The molecule has 1 amide bonds. The van der Waals surface area contributed by atoms with Crippen molar-refractivity contribution in [2.75, 3.05) is 26.8 Å². The van der Waals surface area contributed by atoms with E-state index in [0.717, 1.165) is 0 Å². The molecule has 0 aliphatic rings. The molecule has 0 radical (unpaired) electrons. The van der Waals surface area contributed by atoms with Gasteiger partial charge in [-0.1, -0.05) is 0 Å². The molecule has 0 heterocycles. The largest absolute Gasteiger partial charge is 0.481 e. The van der Waals surface area contributed by atoms with Gasteiger partial charge in [0.15, 0.2) is 0 Å². The highest BCUT2D eigenvalue weighted by molar-refractivity contribution is 5.80. The number of hydrogen-bond acceptors (Lipinski definition) is 4. The number of rotatable bonds is 8. The fraction of sp³-hybridized carbons (Fsp3) is 0.700. The molecule has 0 spiro atoms. The van der Waals surface area contributed by atoms with Crippen molar-refractivity contribution >= 4 is 11.9 Å². The molecule has 6 heteroatoms. The maximum atomic E-state index is 11.6. The second-order valence-corrected chi connectivity index (χ2v) is 3.18. The number of carboxylic acids is 1. The topological polar surface area (TPSA) is 90.6 Å². The zero-order valence-corrected chi connectivity index (χ0v) is 9.31. The Hall–Kier alpha value is -1.61. The van der Waals surface area contributed by atoms with E-state index >= 15 is 0 Å². The molecular weight excluding hydrogens is 212 g/mol. The second kappa shape index (κ2) is 8.68. The minimum absolute atomic E-state index is 0.0372. The van der Waals surface area contributed by atoms with Crippen LogP contribution < -0.4 is 0 Å². The molecule has 0 aliphatic heterocycles. The third kappa shape index (κ3) is 6.79. The van der Waals surface area contributed by atoms with Crippen LogP contribution in [0.4, 0.5) is 0 Å². The minimum atomic E-state index is -1.000. The van der Waals surface area contributed by atoms with Crippen LogP contribution in [0.15, 0.2) is 0 Å². The van der Waals surface area contributed by atoms with Gasteiger partial charge in [0.05, 0.1) is 25.5 Å². The van der Waals surface area contributed by atoms with Gasteiger partial charge in [0.2, 0.25) is 5.91 Å². The van der Waals surface area contributed by atoms with Crippen molar-refractivity contribution in [1.82, 2.24) is 4.90 Å². The molecule has 0 aliphatic carbocycles. The molecule has 0 fully saturated rings. The molecule has 16 heavy (non-hydrogen) atoms. The first-order valence-electron chi connectivity index (χ1n) is 4.97. The molecule has 0 atom stereocenters. The van der Waals surface area contributed by atoms with Gasteiger partial charge in [-0.05, 0) is 0 Å². The maximum absolute atomic E-state index is 11.6. The summed E-state index contributed by atoms with van der Waals surface area (Å²) in [6.45, 7) is 1.08. The average Bonchev–Trinajstić information content (AvgIpc) is 2.26. The highest BCUT2D eigenvalue weighted by atomic mass is 16.5. The van der Waals surface area contributed by atoms with Crippen LogP contribution in [0.1, 0.15) is 19.3 Å². The van der Waals surface area contributed by atoms with E-state index in [4.69, 9.17) is 15.1 Å². The molecule has 90 valence electrons. The summed E-state index contributed by atoms with van der Waals surface area (Å²) in [5, 5.41) is 16.9. The molecule has 0 saturated carbocycles. The summed E-state index contributed by atoms with van der Waals surface area (Å²) < 4.78 is 4.83. The van der Waals surface area contributed by atoms with E-state index in [1.807, 2.05) is 6.07 Å². The van der Waals surface area contributed by atoms with Crippen molar-refractivity contribution in [2.24, 2.45) is 0 Å². The van der Waals surface area contributed by atoms with Gasteiger partial charge in [-0.2, -0.15) is 5.26 Å². The fourth-order valence-corrected chi connectivity index (χ4v) is 1.12. The number of methoxy groups -OCH3 is 1. The summed E-state index contributed by atoms with van der Waals surface area (Å²) in [6, 6.07) is 1.94. The summed E-state index contributed by atoms with van der Waals surface area (Å²) in [6.07, 6.45) is 0.0157. The van der Waals surface area contributed by atoms with Crippen molar-refractivity contribution in [2.45, 2.75) is 19.3 Å². The highest BCUT2D eigenvalue weighted by Crippen LogP contribution is 1.99. The Morgan fingerprint density at radius 2 is 2.06 bits per heavy atom. The predicted octanol–water partition coefficient (Wildman–Crippen LogP) is 0.240. The van der Waals surface area contributed by atoms with Gasteiger partial charge >= 0.3 is 5.97 Å². The fourth-order valence-electron chi connectivity index (χ4n) is 1.12. The Morgan fingerprint density at radius 3 is 2.56 bits per heavy atom. The zero-order chi connectivity index (χ0) is 12.4. The molecular formula is C10H16N2O4. The van der Waals surface area contributed by atoms with Crippen LogP contribution in [-0.2, 0) is 14.3 Å². The van der Waals surface area contributed by atoms with E-state index < -0.39 is 5.97 Å². The molecule has 0 aromatic rings. The van der Waals surface area contributed by atoms with Gasteiger partial charge in [-0.25, -0.2) is 0 Å². The van der Waals surface area contributed by atoms with E-state index in [0.29, 0.717) is 19.7 Å². The normalized spacial score (nSPS) is 9.50. The van der Waals surface area contributed by atoms with Crippen LogP contribution in [0, 0.1) is 11.3 Å². The molecule has 0 unspecified atom stereocenters. The Morgan fingerprint density at radius 1 is 1.38 bits per heavy atom. The number of ether oxygens (including phenoxy) is 1. The first-order valence-corrected chi connectivity index (χ1v) is 4.97. The Balaban J connectivity index is 4.09. The monoisotopic (exact) mass is 228 g/mol. The lowest BCUT2D eigenvalue weighted by Crippen LogP contribution is -2.34. The van der Waals surface area contributed by atoms with E-state index in [2.05, 4.69) is 0 Å². The van der Waals surface area contributed by atoms with Gasteiger partial charge in [0.25, 0.3) is 0 Å². The van der Waals surface area contributed by atoms with Gasteiger partial charge in [-0.3, -0.25) is 9.59 Å². The first-order chi connectivity index (χ1) is 7.61. The quantitative estimate of drug-likeness (QED) is 0.642. The standard InChI is InChI=1S/C10H16N2O4/c1-16-8-7-12(6-2-5-11)9(13)3-4-10(14)15/h2-4,6-8H2,1H3,(H,14,15). The van der Waals surface area contributed by atoms with Gasteiger partial charge < -0.3 is 14.7 Å². The molecule has 1 N–H and O–H groups in total. The number of carbonyl (C=O) groups excluding carboxylic acids is 1. The van der Waals surface area contributed by atoms with Crippen LogP contribution >= 0.6 is 0 Å². The molecule has 6 nitrogen and oxygen atoms in total. The molecule has 0 aromatic carbocycles. The van der Waals surface area contributed by atoms with E-state index in [1.54, 1.807) is 0 Å². The lowest BCUT2D eigenvalue weighted by molar-refractivity contribution is -0.141. The van der Waals surface area contributed by atoms with Gasteiger partial charge in [-0.15, -0.1) is 0 Å². The van der Waals surface area contributed by atoms with Crippen LogP contribution in [0.5, 0.6) is 0 Å². The Bertz CT molecular complexity index is 272. The first kappa shape index (κ1) is 14.4. The summed E-state index contributed by atoms with van der Waals surface area (Å²) >= 11 is 0. The van der Waals surface area contributed by atoms with Gasteiger partial charge in [0, 0.05) is 26.6 Å². The third-order valence-electron chi connectivity index (χ3n) is 1.96. The number of aliphatic carboxylic acids is 1. The van der Waals surface area contributed by atoms with Crippen molar-refractivity contribution in [3.63, 3.8) is 0 Å². The number of amides is 1. The van der Waals surface area contributed by atoms with Crippen molar-refractivity contribution in [3.05, 3.63) is 0 Å². The van der Waals surface area contributed by atoms with Crippen LogP contribution in [0.3, 0.4) is 0 Å². The van der Waals surface area contributed by atoms with Crippen molar-refractivity contribution in [3.8, 4) is 6.07 Å². The molecule has 0 aromatic heterocycles. The lowest BCUT2D eigenvalue weighted by atomic mass is 10.2. The summed E-state index contributed by atoms with van der Waals surface area (Å²) in [7, 11) is 1.52. The second-order valence-electron chi connectivity index (χ2n) is 3.18. The third-order valence-corrected chi connectivity index (χ3v) is 1.96. The van der Waals surface area contributed by atoms with Crippen molar-refractivity contribution < 1.29 is 19.4 Å². The summed E-state index contributed by atoms with van der Waals surface area (Å²) in [4.78, 5) is 23.3. The van der Waals surface area contributed by atoms with Crippen LogP contribution in [0.2, 0.25) is 0 Å². The van der Waals surface area contributed by atoms with E-state index in [-0.39, 0.29) is 25.2 Å². The van der Waals surface area contributed by atoms with E-state index in [9.17, 15) is 9.59 Å². The summed E-state index contributed by atoms with van der Waals surface area (Å²) in [5.74, 6) is -1.25. The molecule has 0 saturated heterocycles. The van der Waals surface area contributed by atoms with Crippen molar-refractivity contribution in [1.29, 1.82) is 5.26 Å². The molecule has 0 rings (SSSR count). The number of nitrogens with zero attached hydrogens (tertiary/aromatic N) is 2. The maximum Gasteiger partial charge on any atom is 0.303 e. The predicted molar refractivity (Wildman–Crippen MR) is 55.6 cm³/mol. The lowest BCUT2D eigenvalue weighted by Gasteiger charge is -2.20.